The van der Waals surface area contributed by atoms with E-state index in [1.807, 2.05) is 0 Å². The topological polar surface area (TPSA) is 61.9 Å². The number of benzene rings is 2. The molecule has 2 fully saturated rings. The molecule has 6 nitrogen and oxygen atoms in total. The number of ether oxygens (including phenoxy) is 1. The fourth-order valence-electron chi connectivity index (χ4n) is 4.15. The molecule has 0 saturated carbocycles. The number of nitrogens with one attached hydrogen (secondary N) is 1. The largest absolute Gasteiger partial charge is 0.497 e. The SMILES string of the molecule is COc1ccc(C(=O)N2CCC3(CC2)NCC(=O)N3Cc2ccccc2F)cc1. The van der Waals surface area contributed by atoms with Gasteiger partial charge >= 0.3 is 0 Å². The van der Waals surface area contributed by atoms with Gasteiger partial charge in [0.25, 0.3) is 5.91 Å². The fourth-order valence-corrected chi connectivity index (χ4v) is 4.15. The first-order chi connectivity index (χ1) is 14.0. The van der Waals surface area contributed by atoms with Crippen LogP contribution in [0.3, 0.4) is 0 Å². The van der Waals surface area contributed by atoms with Gasteiger partial charge < -0.3 is 14.5 Å². The van der Waals surface area contributed by atoms with E-state index >= 15 is 0 Å². The van der Waals surface area contributed by atoms with E-state index in [4.69, 9.17) is 4.74 Å². The van der Waals surface area contributed by atoms with Gasteiger partial charge in [-0.15, -0.1) is 0 Å². The smallest absolute Gasteiger partial charge is 0.253 e. The second kappa shape index (κ2) is 7.83. The van der Waals surface area contributed by atoms with E-state index in [0.29, 0.717) is 42.8 Å². The number of likely N-dealkylation sites (tertiary alicyclic amines) is 1. The van der Waals surface area contributed by atoms with E-state index in [0.717, 1.165) is 0 Å². The van der Waals surface area contributed by atoms with Crippen LogP contribution in [0.5, 0.6) is 5.75 Å². The molecular weight excluding hydrogens is 373 g/mol. The zero-order valence-electron chi connectivity index (χ0n) is 16.4. The van der Waals surface area contributed by atoms with Gasteiger partial charge in [0.15, 0.2) is 0 Å². The molecule has 2 aliphatic heterocycles. The van der Waals surface area contributed by atoms with E-state index in [-0.39, 0.29) is 30.7 Å². The van der Waals surface area contributed by atoms with Crippen molar-refractivity contribution in [1.82, 2.24) is 15.1 Å². The number of amides is 2. The van der Waals surface area contributed by atoms with Crippen molar-refractivity contribution in [3.63, 3.8) is 0 Å². The Bertz CT molecular complexity index is 908. The van der Waals surface area contributed by atoms with Crippen LogP contribution in [0.2, 0.25) is 0 Å². The molecule has 1 spiro atoms. The molecule has 0 radical (unpaired) electrons. The average molecular weight is 397 g/mol. The normalized spacial score (nSPS) is 18.3. The van der Waals surface area contributed by atoms with Crippen LogP contribution in [0.25, 0.3) is 0 Å². The van der Waals surface area contributed by atoms with Gasteiger partial charge in [-0.25, -0.2) is 4.39 Å². The highest BCUT2D eigenvalue weighted by molar-refractivity contribution is 5.94. The Morgan fingerprint density at radius 1 is 1.14 bits per heavy atom. The molecule has 0 atom stereocenters. The van der Waals surface area contributed by atoms with Crippen LogP contribution in [0.1, 0.15) is 28.8 Å². The van der Waals surface area contributed by atoms with E-state index in [9.17, 15) is 14.0 Å². The van der Waals surface area contributed by atoms with E-state index in [1.165, 1.54) is 6.07 Å². The van der Waals surface area contributed by atoms with Gasteiger partial charge in [0.2, 0.25) is 5.91 Å². The van der Waals surface area contributed by atoms with Gasteiger partial charge in [0.05, 0.1) is 25.9 Å². The summed E-state index contributed by atoms with van der Waals surface area (Å²) in [5.74, 6) is 0.321. The van der Waals surface area contributed by atoms with Gasteiger partial charge in [0.1, 0.15) is 11.6 Å². The van der Waals surface area contributed by atoms with Crippen molar-refractivity contribution in [3.05, 3.63) is 65.5 Å². The molecule has 2 saturated heterocycles. The summed E-state index contributed by atoms with van der Waals surface area (Å²) in [7, 11) is 1.59. The Morgan fingerprint density at radius 2 is 1.83 bits per heavy atom. The van der Waals surface area contributed by atoms with Crippen LogP contribution in [0, 0.1) is 5.82 Å². The molecular formula is C22H24FN3O3. The maximum atomic E-state index is 14.1. The summed E-state index contributed by atoms with van der Waals surface area (Å²) in [6.45, 7) is 1.52. The van der Waals surface area contributed by atoms with Crippen molar-refractivity contribution in [3.8, 4) is 5.75 Å². The Morgan fingerprint density at radius 3 is 2.48 bits per heavy atom. The number of methoxy groups -OCH3 is 1. The van der Waals surface area contributed by atoms with E-state index < -0.39 is 5.66 Å². The molecule has 4 rings (SSSR count). The van der Waals surface area contributed by atoms with Gasteiger partial charge in [-0.05, 0) is 30.3 Å². The second-order valence-corrected chi connectivity index (χ2v) is 7.48. The standard InChI is InChI=1S/C22H24FN3O3/c1-29-18-8-6-16(7-9-18)21(28)25-12-10-22(11-13-25)24-14-20(27)26(22)15-17-4-2-3-5-19(17)23/h2-9,24H,10-15H2,1H3. The van der Waals surface area contributed by atoms with Crippen molar-refractivity contribution in [1.29, 1.82) is 0 Å². The minimum Gasteiger partial charge on any atom is -0.497 e. The summed E-state index contributed by atoms with van der Waals surface area (Å²) < 4.78 is 19.3. The molecule has 7 heteroatoms. The lowest BCUT2D eigenvalue weighted by molar-refractivity contribution is -0.132. The molecule has 2 amide bonds. The first-order valence-electron chi connectivity index (χ1n) is 9.75. The first-order valence-corrected chi connectivity index (χ1v) is 9.75. The van der Waals surface area contributed by atoms with E-state index in [2.05, 4.69) is 5.32 Å². The first kappa shape index (κ1) is 19.4. The number of halogens is 1. The number of carbonyl (C=O) groups is 2. The lowest BCUT2D eigenvalue weighted by Gasteiger charge is -2.44. The highest BCUT2D eigenvalue weighted by atomic mass is 19.1. The lowest BCUT2D eigenvalue weighted by atomic mass is 9.94. The summed E-state index contributed by atoms with van der Waals surface area (Å²) in [5.41, 5.74) is 0.580. The van der Waals surface area contributed by atoms with Gasteiger partial charge in [0, 0.05) is 37.1 Å². The summed E-state index contributed by atoms with van der Waals surface area (Å²) in [6, 6.07) is 13.6. The van der Waals surface area contributed by atoms with Crippen molar-refractivity contribution in [2.75, 3.05) is 26.7 Å². The number of rotatable bonds is 4. The monoisotopic (exact) mass is 397 g/mol. The summed E-state index contributed by atoms with van der Waals surface area (Å²) in [4.78, 5) is 28.9. The lowest BCUT2D eigenvalue weighted by Crippen LogP contribution is -2.59. The third-order valence-corrected chi connectivity index (χ3v) is 5.89. The predicted molar refractivity (Wildman–Crippen MR) is 106 cm³/mol. The van der Waals surface area contributed by atoms with Crippen molar-refractivity contribution < 1.29 is 18.7 Å². The zero-order valence-corrected chi connectivity index (χ0v) is 16.4. The Hall–Kier alpha value is -2.93. The summed E-state index contributed by atoms with van der Waals surface area (Å²) >= 11 is 0. The molecule has 0 unspecified atom stereocenters. The Balaban J connectivity index is 1.45. The number of piperidine rings is 1. The third kappa shape index (κ3) is 3.70. The van der Waals surface area contributed by atoms with Gasteiger partial charge in [-0.1, -0.05) is 18.2 Å². The molecule has 0 aromatic heterocycles. The van der Waals surface area contributed by atoms with Crippen LogP contribution in [-0.4, -0.2) is 54.0 Å². The van der Waals surface area contributed by atoms with Crippen molar-refractivity contribution in [2.24, 2.45) is 0 Å². The minimum absolute atomic E-state index is 0.0347. The number of carbonyl (C=O) groups excluding carboxylic acids is 2. The highest BCUT2D eigenvalue weighted by Gasteiger charge is 2.47. The molecule has 2 heterocycles. The number of nitrogens with zero attached hydrogens (tertiary/aromatic N) is 2. The van der Waals surface area contributed by atoms with Crippen LogP contribution >= 0.6 is 0 Å². The number of hydrogen-bond donors (Lipinski definition) is 1. The number of hydrogen-bond acceptors (Lipinski definition) is 4. The zero-order chi connectivity index (χ0) is 20.4. The maximum Gasteiger partial charge on any atom is 0.253 e. The molecule has 2 aromatic carbocycles. The molecule has 2 aliphatic rings. The van der Waals surface area contributed by atoms with Crippen LogP contribution in [0.15, 0.2) is 48.5 Å². The second-order valence-electron chi connectivity index (χ2n) is 7.48. The Kier molecular flexibility index (Phi) is 5.24. The van der Waals surface area contributed by atoms with Crippen molar-refractivity contribution >= 4 is 11.8 Å². The molecule has 0 bridgehead atoms. The van der Waals surface area contributed by atoms with E-state index in [1.54, 1.807) is 59.4 Å². The molecule has 2 aromatic rings. The third-order valence-electron chi connectivity index (χ3n) is 5.89. The molecule has 1 N–H and O–H groups in total. The average Bonchev–Trinajstić information content (AvgIpc) is 3.05. The van der Waals surface area contributed by atoms with Gasteiger partial charge in [-0.3, -0.25) is 14.9 Å². The minimum atomic E-state index is -0.532. The highest BCUT2D eigenvalue weighted by Crippen LogP contribution is 2.32. The quantitative estimate of drug-likeness (QED) is 0.861. The van der Waals surface area contributed by atoms with Crippen LogP contribution in [0.4, 0.5) is 4.39 Å². The molecule has 152 valence electrons. The van der Waals surface area contributed by atoms with Crippen LogP contribution in [-0.2, 0) is 11.3 Å². The maximum absolute atomic E-state index is 14.1. The predicted octanol–water partition coefficient (Wildman–Crippen LogP) is 2.40. The summed E-state index contributed by atoms with van der Waals surface area (Å²) in [5, 5.41) is 3.33. The molecule has 0 aliphatic carbocycles. The van der Waals surface area contributed by atoms with Crippen molar-refractivity contribution in [2.45, 2.75) is 25.0 Å². The fraction of sp³-hybridized carbons (Fsp3) is 0.364. The van der Waals surface area contributed by atoms with Gasteiger partial charge in [-0.2, -0.15) is 0 Å². The van der Waals surface area contributed by atoms with Crippen LogP contribution < -0.4 is 10.1 Å². The summed E-state index contributed by atoms with van der Waals surface area (Å²) in [6.07, 6.45) is 1.21. The molecule has 29 heavy (non-hydrogen) atoms. The Labute approximate surface area is 169 Å².